The Bertz CT molecular complexity index is 1510. The molecule has 2 saturated carbocycles. The van der Waals surface area contributed by atoms with Gasteiger partial charge in [-0.2, -0.15) is 13.2 Å². The van der Waals surface area contributed by atoms with Crippen LogP contribution < -0.4 is 15.6 Å². The van der Waals surface area contributed by atoms with Crippen molar-refractivity contribution < 1.29 is 27.5 Å². The van der Waals surface area contributed by atoms with E-state index in [4.69, 9.17) is 11.6 Å². The summed E-state index contributed by atoms with van der Waals surface area (Å²) in [7, 11) is 0. The van der Waals surface area contributed by atoms with E-state index in [-0.39, 0.29) is 27.8 Å². The van der Waals surface area contributed by atoms with Gasteiger partial charge in [0, 0.05) is 25.2 Å². The minimum Gasteiger partial charge on any atom is -0.388 e. The summed E-state index contributed by atoms with van der Waals surface area (Å²) in [4.78, 5) is 36.7. The van der Waals surface area contributed by atoms with E-state index in [1.165, 1.54) is 10.6 Å². The molecule has 0 bridgehead atoms. The Labute approximate surface area is 211 Å². The van der Waals surface area contributed by atoms with Gasteiger partial charge in [0.1, 0.15) is 23.2 Å². The van der Waals surface area contributed by atoms with E-state index in [9.17, 15) is 32.3 Å². The highest BCUT2D eigenvalue weighted by Gasteiger charge is 2.59. The average Bonchev–Trinajstić information content (AvgIpc) is 3.74. The molecule has 4 heterocycles. The number of piperidine rings is 1. The molecule has 1 amide bonds. The van der Waals surface area contributed by atoms with Crippen LogP contribution in [0.15, 0.2) is 35.4 Å². The molecule has 1 unspecified atom stereocenters. The standard InChI is InChI=1S/C24H20ClF4N5O3/c25-16-5-13(26)7-30-21(16)34-9-15(22(36)32-19(11-1-2-11)24(27,28)29)18(35)14-3-4-17(31-20(14)34)33-8-12-6-23(12,37)10-33/h3-5,7,9,11-12,19,37H,1-2,6,8,10H2,(H,32,36)/t12?,19-,23-/m1/s1. The van der Waals surface area contributed by atoms with Crippen molar-refractivity contribution in [1.82, 2.24) is 19.9 Å². The molecule has 6 rings (SSSR count). The molecule has 0 aromatic carbocycles. The molecule has 1 aliphatic heterocycles. The van der Waals surface area contributed by atoms with Crippen LogP contribution in [0.2, 0.25) is 5.02 Å². The number of fused-ring (bicyclic) bond motifs is 2. The predicted octanol–water partition coefficient (Wildman–Crippen LogP) is 3.21. The zero-order valence-electron chi connectivity index (χ0n) is 19.1. The normalized spacial score (nSPS) is 23.7. The molecule has 3 fully saturated rings. The van der Waals surface area contributed by atoms with E-state index < -0.39 is 46.5 Å². The summed E-state index contributed by atoms with van der Waals surface area (Å²) in [6.45, 7) is 0.922. The molecule has 3 aliphatic rings. The lowest BCUT2D eigenvalue weighted by Gasteiger charge is -2.22. The fraction of sp³-hybridized carbons (Fsp3) is 0.417. The van der Waals surface area contributed by atoms with Crippen LogP contribution in [0.1, 0.15) is 29.6 Å². The summed E-state index contributed by atoms with van der Waals surface area (Å²) < 4.78 is 55.5. The van der Waals surface area contributed by atoms with Crippen LogP contribution in [0.4, 0.5) is 23.4 Å². The maximum absolute atomic E-state index is 13.7. The topological polar surface area (TPSA) is 100 Å². The van der Waals surface area contributed by atoms with Crippen LogP contribution in [0, 0.1) is 17.7 Å². The number of hydrogen-bond acceptors (Lipinski definition) is 6. The van der Waals surface area contributed by atoms with Crippen molar-refractivity contribution in [3.05, 3.63) is 57.2 Å². The minimum atomic E-state index is -4.68. The molecule has 3 atom stereocenters. The van der Waals surface area contributed by atoms with Gasteiger partial charge in [-0.25, -0.2) is 14.4 Å². The smallest absolute Gasteiger partial charge is 0.388 e. The molecule has 1 saturated heterocycles. The Kier molecular flexibility index (Phi) is 5.29. The Balaban J connectivity index is 1.47. The van der Waals surface area contributed by atoms with Crippen LogP contribution >= 0.6 is 11.6 Å². The Morgan fingerprint density at radius 2 is 2.05 bits per heavy atom. The lowest BCUT2D eigenvalue weighted by Crippen LogP contribution is -2.48. The monoisotopic (exact) mass is 537 g/mol. The quantitative estimate of drug-likeness (QED) is 0.485. The van der Waals surface area contributed by atoms with E-state index >= 15 is 0 Å². The molecule has 3 aromatic heterocycles. The van der Waals surface area contributed by atoms with E-state index in [2.05, 4.69) is 9.97 Å². The maximum atomic E-state index is 13.7. The number of halogens is 5. The first-order valence-electron chi connectivity index (χ1n) is 11.7. The van der Waals surface area contributed by atoms with Gasteiger partial charge in [-0.15, -0.1) is 0 Å². The maximum Gasteiger partial charge on any atom is 0.408 e. The summed E-state index contributed by atoms with van der Waals surface area (Å²) in [6, 6.07) is 1.87. The van der Waals surface area contributed by atoms with Gasteiger partial charge in [0.25, 0.3) is 5.91 Å². The summed E-state index contributed by atoms with van der Waals surface area (Å²) in [5.74, 6) is -2.16. The van der Waals surface area contributed by atoms with Crippen molar-refractivity contribution in [2.75, 3.05) is 18.0 Å². The number of amides is 1. The van der Waals surface area contributed by atoms with Crippen LogP contribution in [0.5, 0.6) is 0 Å². The fourth-order valence-corrected chi connectivity index (χ4v) is 5.27. The van der Waals surface area contributed by atoms with E-state index in [0.717, 1.165) is 18.5 Å². The lowest BCUT2D eigenvalue weighted by molar-refractivity contribution is -0.158. The van der Waals surface area contributed by atoms with Gasteiger partial charge in [-0.05, 0) is 43.4 Å². The molecule has 194 valence electrons. The Morgan fingerprint density at radius 3 is 2.68 bits per heavy atom. The van der Waals surface area contributed by atoms with Gasteiger partial charge < -0.3 is 15.3 Å². The summed E-state index contributed by atoms with van der Waals surface area (Å²) in [5.41, 5.74) is -2.12. The molecule has 8 nitrogen and oxygen atoms in total. The third kappa shape index (κ3) is 4.21. The second kappa shape index (κ2) is 8.12. The SMILES string of the molecule is O=C(N[C@H](C1CC1)C(F)(F)F)c1cn(-c2ncc(F)cc2Cl)c2nc(N3CC4C[C@@]4(O)C3)ccc2c1=O. The van der Waals surface area contributed by atoms with Crippen molar-refractivity contribution in [1.29, 1.82) is 0 Å². The van der Waals surface area contributed by atoms with Crippen molar-refractivity contribution in [2.45, 2.75) is 37.1 Å². The van der Waals surface area contributed by atoms with Crippen LogP contribution in [-0.2, 0) is 0 Å². The van der Waals surface area contributed by atoms with Crippen LogP contribution in [0.3, 0.4) is 0 Å². The number of β-amino-alcohol motifs (C(OH)–C–C–N with tert-alkyl or cyclic N) is 1. The Morgan fingerprint density at radius 1 is 1.30 bits per heavy atom. The molecule has 2 N–H and O–H groups in total. The van der Waals surface area contributed by atoms with Crippen molar-refractivity contribution in [3.8, 4) is 5.82 Å². The van der Waals surface area contributed by atoms with Crippen LogP contribution in [-0.4, -0.2) is 56.5 Å². The van der Waals surface area contributed by atoms with Gasteiger partial charge in [0.2, 0.25) is 5.43 Å². The molecule has 3 aromatic rings. The van der Waals surface area contributed by atoms with Crippen LogP contribution in [0.25, 0.3) is 16.9 Å². The third-order valence-corrected chi connectivity index (χ3v) is 7.54. The zero-order valence-corrected chi connectivity index (χ0v) is 19.9. The minimum absolute atomic E-state index is 0.0298. The number of aromatic nitrogens is 3. The van der Waals surface area contributed by atoms with Crippen molar-refractivity contribution in [3.63, 3.8) is 0 Å². The highest BCUT2D eigenvalue weighted by molar-refractivity contribution is 6.32. The molecule has 2 aliphatic carbocycles. The lowest BCUT2D eigenvalue weighted by atomic mass is 10.1. The number of carbonyl (C=O) groups is 1. The van der Waals surface area contributed by atoms with E-state index in [0.29, 0.717) is 38.2 Å². The average molecular weight is 538 g/mol. The zero-order chi connectivity index (χ0) is 26.3. The highest BCUT2D eigenvalue weighted by Crippen LogP contribution is 2.50. The second-order valence-electron chi connectivity index (χ2n) is 9.96. The molecular formula is C24H20ClF4N5O3. The van der Waals surface area contributed by atoms with Gasteiger partial charge in [-0.3, -0.25) is 14.2 Å². The summed E-state index contributed by atoms with van der Waals surface area (Å²) in [6.07, 6.45) is -1.43. The number of alkyl halides is 3. The van der Waals surface area contributed by atoms with E-state index in [1.54, 1.807) is 6.07 Å². The van der Waals surface area contributed by atoms with Crippen molar-refractivity contribution >= 4 is 34.4 Å². The second-order valence-corrected chi connectivity index (χ2v) is 10.4. The highest BCUT2D eigenvalue weighted by atomic mass is 35.5. The van der Waals surface area contributed by atoms with Gasteiger partial charge in [-0.1, -0.05) is 11.6 Å². The number of hydrogen-bond donors (Lipinski definition) is 2. The molecule has 37 heavy (non-hydrogen) atoms. The Hall–Kier alpha value is -3.25. The number of nitrogens with zero attached hydrogens (tertiary/aromatic N) is 4. The molecule has 0 spiro atoms. The van der Waals surface area contributed by atoms with Gasteiger partial charge >= 0.3 is 6.18 Å². The first kappa shape index (κ1) is 24.1. The first-order valence-corrected chi connectivity index (χ1v) is 12.1. The number of carbonyl (C=O) groups excluding carboxylic acids is 1. The molecular weight excluding hydrogens is 518 g/mol. The largest absolute Gasteiger partial charge is 0.408 e. The number of aliphatic hydroxyl groups is 1. The third-order valence-electron chi connectivity index (χ3n) is 7.26. The summed E-state index contributed by atoms with van der Waals surface area (Å²) >= 11 is 6.22. The number of anilines is 1. The van der Waals surface area contributed by atoms with Crippen molar-refractivity contribution in [2.24, 2.45) is 11.8 Å². The van der Waals surface area contributed by atoms with Gasteiger partial charge in [0.05, 0.1) is 22.2 Å². The van der Waals surface area contributed by atoms with E-state index in [1.807, 2.05) is 10.2 Å². The number of nitrogens with one attached hydrogen (secondary N) is 1. The number of pyridine rings is 3. The number of rotatable bonds is 5. The first-order chi connectivity index (χ1) is 17.4. The molecule has 0 radical (unpaired) electrons. The molecule has 13 heteroatoms. The summed E-state index contributed by atoms with van der Waals surface area (Å²) in [5, 5.41) is 12.2. The predicted molar refractivity (Wildman–Crippen MR) is 125 cm³/mol. The van der Waals surface area contributed by atoms with Gasteiger partial charge in [0.15, 0.2) is 11.5 Å². The fourth-order valence-electron chi connectivity index (χ4n) is 5.02.